The number of primary amides is 1. The van der Waals surface area contributed by atoms with Gasteiger partial charge in [-0.2, -0.15) is 0 Å². The SMILES string of the molecule is CC[C@H](C)[C@H](NC(=O)[C@H](Cc1ccccc1)NC(=O)[C@H](CCC(=O)O)NC(=O)[C@H](CCCCN)NC(=O)[C@H](C)NC(=O)[C@H](C)NC(=O)[C@H](CCC(N)=O)NC(=O)CN)C(=O)N[C@@H](C)C(=O)N[C@@H](Cc1c[nH]c2ccccc12)C(=O)N[C@@H](CC(C)C)C(=O)N[C@H](C(=O)N[C@@H](CCCCN)C(=O)NCC(=O)N[C@@H](CCCN=C(N)N)C(=O)O)C(C)C. The molecule has 2 aromatic carbocycles. The predicted molar refractivity (Wildman–Crippen MR) is 439 cm³/mol. The highest BCUT2D eigenvalue weighted by Gasteiger charge is 2.38. The molecule has 0 saturated carbocycles. The van der Waals surface area contributed by atoms with E-state index in [0.717, 1.165) is 0 Å². The number of rotatable bonds is 56. The van der Waals surface area contributed by atoms with Crippen LogP contribution in [-0.4, -0.2) is 233 Å². The van der Waals surface area contributed by atoms with Crippen LogP contribution >= 0.6 is 0 Å². The molecule has 0 unspecified atom stereocenters. The molecule has 0 aliphatic heterocycles. The van der Waals surface area contributed by atoms with Crippen LogP contribution in [0.25, 0.3) is 10.9 Å². The number of benzene rings is 2. The van der Waals surface area contributed by atoms with Crippen molar-refractivity contribution >= 4 is 117 Å². The molecule has 0 aliphatic carbocycles. The molecule has 0 bridgehead atoms. The van der Waals surface area contributed by atoms with E-state index in [-0.39, 0.29) is 102 Å². The van der Waals surface area contributed by atoms with Crippen LogP contribution in [0.1, 0.15) is 163 Å². The van der Waals surface area contributed by atoms with Crippen LogP contribution < -0.4 is 109 Å². The van der Waals surface area contributed by atoms with Crippen molar-refractivity contribution in [3.8, 4) is 0 Å². The maximum atomic E-state index is 14.9. The first kappa shape index (κ1) is 101. The van der Waals surface area contributed by atoms with Crippen LogP contribution in [0.2, 0.25) is 0 Å². The summed E-state index contributed by atoms with van der Waals surface area (Å²) in [6.07, 6.45) is 1.18. The highest BCUT2D eigenvalue weighted by molar-refractivity contribution is 6.01. The molecule has 0 fully saturated rings. The number of fused-ring (bicyclic) bond motifs is 1. The topological polar surface area (TPSA) is 683 Å². The standard InChI is InChI=1S/C78H124N22O19/c1-10-43(6)64(100-74(115)57(36-47-21-12-11-13-22-47)98-71(112)54(29-31-62(104)105)94-70(111)52(26-17-19-33-80)93-66(107)45(8)88-65(106)44(7)89-69(110)53(28-30-59(82)101)91-60(102)38-81)76(117)90-46(9)67(108)96-58(37-48-39-86-50-24-15-14-23-49(48)50)72(113)97-56(35-41(2)3)73(114)99-63(42(4)5)75(116)95-51(25-16-18-32-79)68(109)87-40-61(103)92-55(77(118)119)27-20-34-85-78(83)84/h11-15,21-24,39,41-46,51-58,63-64,86H,10,16-20,25-38,40,79-81H2,1-9H3,(H2,82,101)(H,87,109)(H,88,106)(H,89,110)(H,90,117)(H,91,102)(H,92,103)(H,93,107)(H,94,111)(H,95,116)(H,96,108)(H,97,113)(H,98,112)(H,99,114)(H,100,115)(H,104,105)(H,118,119)(H4,83,84,85)/t43-,44-,45-,46-,51-,52-,53-,54-,55-,56-,57-,58-,63-,64-/m0/s1. The van der Waals surface area contributed by atoms with Crippen molar-refractivity contribution in [2.45, 2.75) is 244 Å². The average Bonchev–Trinajstić information content (AvgIpc) is 1.72. The Labute approximate surface area is 691 Å². The summed E-state index contributed by atoms with van der Waals surface area (Å²) in [4.78, 5) is 238. The van der Waals surface area contributed by atoms with Gasteiger partial charge in [-0.05, 0) is 139 Å². The molecule has 15 amide bonds. The lowest BCUT2D eigenvalue weighted by atomic mass is 9.96. The number of aliphatic imine (C=N–C) groups is 1. The Bertz CT molecular complexity index is 3950. The van der Waals surface area contributed by atoms with Gasteiger partial charge in [0.25, 0.3) is 0 Å². The molecule has 0 spiro atoms. The zero-order valence-electron chi connectivity index (χ0n) is 69.1. The quantitative estimate of drug-likeness (QED) is 0.0144. The van der Waals surface area contributed by atoms with Crippen molar-refractivity contribution < 1.29 is 91.7 Å². The van der Waals surface area contributed by atoms with Crippen molar-refractivity contribution in [1.29, 1.82) is 0 Å². The molecule has 3 aromatic rings. The van der Waals surface area contributed by atoms with Gasteiger partial charge in [-0.15, -0.1) is 0 Å². The number of aromatic nitrogens is 1. The van der Waals surface area contributed by atoms with Crippen LogP contribution in [0, 0.1) is 17.8 Å². The lowest BCUT2D eigenvalue weighted by Crippen LogP contribution is -2.61. The Morgan fingerprint density at radius 3 is 1.42 bits per heavy atom. The van der Waals surface area contributed by atoms with E-state index in [1.165, 1.54) is 20.8 Å². The number of carboxylic acid groups (broad SMARTS) is 2. The van der Waals surface area contributed by atoms with Gasteiger partial charge in [0.2, 0.25) is 88.6 Å². The number of nitrogens with zero attached hydrogens (tertiary/aromatic N) is 1. The number of para-hydroxylation sites is 1. The van der Waals surface area contributed by atoms with Crippen molar-refractivity contribution in [2.24, 2.45) is 57.1 Å². The van der Waals surface area contributed by atoms with E-state index in [2.05, 4.69) is 84.4 Å². The molecule has 41 nitrogen and oxygen atoms in total. The molecule has 29 N–H and O–H groups in total. The first-order chi connectivity index (χ1) is 56.2. The van der Waals surface area contributed by atoms with Crippen LogP contribution in [0.4, 0.5) is 0 Å². The number of amides is 15. The van der Waals surface area contributed by atoms with Crippen molar-refractivity contribution in [1.82, 2.24) is 79.4 Å². The second kappa shape index (κ2) is 52.7. The summed E-state index contributed by atoms with van der Waals surface area (Å²) in [5.41, 5.74) is 34.6. The molecule has 3 rings (SSSR count). The molecule has 0 saturated heterocycles. The van der Waals surface area contributed by atoms with Crippen molar-refractivity contribution in [3.63, 3.8) is 0 Å². The molecule has 119 heavy (non-hydrogen) atoms. The Morgan fingerprint density at radius 2 is 0.866 bits per heavy atom. The van der Waals surface area contributed by atoms with Gasteiger partial charge in [-0.1, -0.05) is 96.5 Å². The maximum absolute atomic E-state index is 14.9. The van der Waals surface area contributed by atoms with Gasteiger partial charge in [0, 0.05) is 49.3 Å². The summed E-state index contributed by atoms with van der Waals surface area (Å²) in [5.74, 6) is -17.6. The third-order valence-electron chi connectivity index (χ3n) is 19.2. The minimum Gasteiger partial charge on any atom is -0.481 e. The monoisotopic (exact) mass is 1670 g/mol. The Morgan fingerprint density at radius 1 is 0.429 bits per heavy atom. The number of aromatic amines is 1. The largest absolute Gasteiger partial charge is 0.481 e. The number of aliphatic carboxylic acids is 2. The number of hydrogen-bond donors (Lipinski definition) is 23. The van der Waals surface area contributed by atoms with E-state index in [4.69, 9.17) is 34.4 Å². The number of nitrogens with one attached hydrogen (secondary N) is 15. The Kier molecular flexibility index (Phi) is 44.9. The molecular formula is C78H124N22O19. The van der Waals surface area contributed by atoms with Gasteiger partial charge in [-0.3, -0.25) is 81.7 Å². The Hall–Kier alpha value is -11.9. The summed E-state index contributed by atoms with van der Waals surface area (Å²) in [5, 5.41) is 56.1. The lowest BCUT2D eigenvalue weighted by Gasteiger charge is -2.30. The molecule has 1 heterocycles. The molecule has 1 aromatic heterocycles. The third-order valence-corrected chi connectivity index (χ3v) is 19.2. The van der Waals surface area contributed by atoms with Gasteiger partial charge in [0.15, 0.2) is 5.96 Å². The molecule has 41 heteroatoms. The second-order valence-electron chi connectivity index (χ2n) is 30.0. The summed E-state index contributed by atoms with van der Waals surface area (Å²) in [6.45, 7) is 13.4. The summed E-state index contributed by atoms with van der Waals surface area (Å²) in [6, 6.07) is -3.02. The first-order valence-corrected chi connectivity index (χ1v) is 39.9. The summed E-state index contributed by atoms with van der Waals surface area (Å²) in [7, 11) is 0. The van der Waals surface area contributed by atoms with Crippen molar-refractivity contribution in [3.05, 3.63) is 71.9 Å². The van der Waals surface area contributed by atoms with Gasteiger partial charge in [0.05, 0.1) is 13.1 Å². The van der Waals surface area contributed by atoms with Crippen LogP contribution in [-0.2, 0) is 94.3 Å². The molecule has 660 valence electrons. The van der Waals surface area contributed by atoms with E-state index >= 15 is 0 Å². The maximum Gasteiger partial charge on any atom is 0.326 e. The van der Waals surface area contributed by atoms with E-state index in [0.29, 0.717) is 41.3 Å². The number of carbonyl (C=O) groups excluding carboxylic acids is 15. The third kappa shape index (κ3) is 37.1. The number of carboxylic acids is 2. The van der Waals surface area contributed by atoms with E-state index in [9.17, 15) is 91.7 Å². The number of guanidine groups is 1. The van der Waals surface area contributed by atoms with Crippen LogP contribution in [0.5, 0.6) is 0 Å². The fraction of sp³-hybridized carbons (Fsp3) is 0.590. The average molecular weight is 1670 g/mol. The van der Waals surface area contributed by atoms with Gasteiger partial charge < -0.3 is 124 Å². The number of carbonyl (C=O) groups is 17. The smallest absolute Gasteiger partial charge is 0.326 e. The minimum atomic E-state index is -1.70. The number of H-pyrrole nitrogens is 1. The van der Waals surface area contributed by atoms with E-state index in [1.807, 2.05) is 0 Å². The number of unbranched alkanes of at least 4 members (excludes halogenated alkanes) is 2. The van der Waals surface area contributed by atoms with Gasteiger partial charge >= 0.3 is 11.9 Å². The molecule has 14 atom stereocenters. The van der Waals surface area contributed by atoms with Crippen molar-refractivity contribution in [2.75, 3.05) is 32.7 Å². The highest BCUT2D eigenvalue weighted by atomic mass is 16.4. The molecule has 0 aliphatic rings. The zero-order valence-corrected chi connectivity index (χ0v) is 69.1. The Balaban J connectivity index is 1.93. The number of nitrogens with two attached hydrogens (primary N) is 6. The first-order valence-electron chi connectivity index (χ1n) is 39.9. The lowest BCUT2D eigenvalue weighted by molar-refractivity contribution is -0.142. The van der Waals surface area contributed by atoms with Gasteiger partial charge in [-0.25, -0.2) is 4.79 Å². The second-order valence-corrected chi connectivity index (χ2v) is 30.0. The molecule has 0 radical (unpaired) electrons. The minimum absolute atomic E-state index is 0.000639. The number of hydrogen-bond acceptors (Lipinski definition) is 21. The zero-order chi connectivity index (χ0) is 89.2. The van der Waals surface area contributed by atoms with Gasteiger partial charge in [0.1, 0.15) is 78.5 Å². The molecular weight excluding hydrogens is 1550 g/mol. The van der Waals surface area contributed by atoms with Crippen LogP contribution in [0.15, 0.2) is 65.8 Å². The fourth-order valence-corrected chi connectivity index (χ4v) is 12.2. The fourth-order valence-electron chi connectivity index (χ4n) is 12.2. The predicted octanol–water partition coefficient (Wildman–Crippen LogP) is -4.34. The highest BCUT2D eigenvalue weighted by Crippen LogP contribution is 2.21. The van der Waals surface area contributed by atoms with E-state index < -0.39 is 217 Å². The van der Waals surface area contributed by atoms with E-state index in [1.54, 1.807) is 102 Å². The summed E-state index contributed by atoms with van der Waals surface area (Å²) < 4.78 is 0. The van der Waals surface area contributed by atoms with Crippen LogP contribution in [0.3, 0.4) is 0 Å². The summed E-state index contributed by atoms with van der Waals surface area (Å²) >= 11 is 0. The normalized spacial score (nSPS) is 14.7.